The highest BCUT2D eigenvalue weighted by Gasteiger charge is 2.20. The van der Waals surface area contributed by atoms with Crippen LogP contribution in [-0.4, -0.2) is 9.13 Å². The summed E-state index contributed by atoms with van der Waals surface area (Å²) in [5.41, 5.74) is 15.1. The summed E-state index contributed by atoms with van der Waals surface area (Å²) in [5.74, 6) is 0. The van der Waals surface area contributed by atoms with Crippen molar-refractivity contribution in [2.75, 3.05) is 4.90 Å². The van der Waals surface area contributed by atoms with Crippen molar-refractivity contribution in [1.29, 1.82) is 0 Å². The molecule has 0 N–H and O–H groups in total. The number of rotatable bonds is 7. The molecule has 0 fully saturated rings. The van der Waals surface area contributed by atoms with Gasteiger partial charge in [-0.3, -0.25) is 0 Å². The average Bonchev–Trinajstić information content (AvgIpc) is 4.10. The van der Waals surface area contributed by atoms with Crippen LogP contribution >= 0.6 is 11.3 Å². The molecule has 4 heteroatoms. The molecule has 3 nitrogen and oxygen atoms in total. The number of fused-ring (bicyclic) bond motifs is 12. The van der Waals surface area contributed by atoms with Crippen molar-refractivity contribution in [1.82, 2.24) is 9.13 Å². The maximum absolute atomic E-state index is 2.44. The van der Waals surface area contributed by atoms with Crippen LogP contribution in [0.4, 0.5) is 17.1 Å². The van der Waals surface area contributed by atoms with Gasteiger partial charge in [0.2, 0.25) is 0 Å². The van der Waals surface area contributed by atoms with E-state index in [0.29, 0.717) is 0 Å². The lowest BCUT2D eigenvalue weighted by Crippen LogP contribution is -2.10. The molecular formula is C68H43N3S. The number of anilines is 3. The standard InChI is InChI=1S/C68H43N3S/c1-3-18-51(19-4-1)70-63-24-11-9-22-56(63)57-36-34-55(42-65(57)70)69(54-33-28-44-14-7-8-15-48(44)39-54)53-31-26-45(27-32-53)46-16-13-17-47(38-46)49-30-37-64-61(40-49)62-41-50-29-35-59-58-23-10-12-25-67(58)72-68(59)60(50)43-66(62)71(64)52-20-5-2-6-21-52/h1-43H. The van der Waals surface area contributed by atoms with Crippen LogP contribution in [0.3, 0.4) is 0 Å². The van der Waals surface area contributed by atoms with Crippen molar-refractivity contribution < 1.29 is 0 Å². The molecule has 0 aliphatic heterocycles. The monoisotopic (exact) mass is 933 g/mol. The predicted octanol–water partition coefficient (Wildman–Crippen LogP) is 19.4. The van der Waals surface area contributed by atoms with E-state index in [1.54, 1.807) is 0 Å². The second-order valence-electron chi connectivity index (χ2n) is 18.9. The predicted molar refractivity (Wildman–Crippen MR) is 309 cm³/mol. The van der Waals surface area contributed by atoms with Gasteiger partial charge in [0.25, 0.3) is 0 Å². The van der Waals surface area contributed by atoms with E-state index in [1.807, 2.05) is 11.3 Å². The lowest BCUT2D eigenvalue weighted by atomic mass is 9.97. The average molecular weight is 934 g/mol. The van der Waals surface area contributed by atoms with Crippen molar-refractivity contribution in [3.05, 3.63) is 261 Å². The van der Waals surface area contributed by atoms with E-state index >= 15 is 0 Å². The summed E-state index contributed by atoms with van der Waals surface area (Å²) in [5, 5.41) is 12.6. The van der Waals surface area contributed by atoms with E-state index in [-0.39, 0.29) is 0 Å². The molecule has 12 aromatic carbocycles. The van der Waals surface area contributed by atoms with E-state index in [4.69, 9.17) is 0 Å². The molecule has 3 heterocycles. The van der Waals surface area contributed by atoms with E-state index in [9.17, 15) is 0 Å². The van der Waals surface area contributed by atoms with Crippen LogP contribution in [-0.2, 0) is 0 Å². The molecule has 15 aromatic rings. The molecule has 0 spiro atoms. The molecule has 0 saturated carbocycles. The highest BCUT2D eigenvalue weighted by Crippen LogP contribution is 2.44. The van der Waals surface area contributed by atoms with Gasteiger partial charge >= 0.3 is 0 Å². The Labute approximate surface area is 419 Å². The SMILES string of the molecule is c1ccc(-n2c3ccccc3c3ccc(N(c4ccc(-c5cccc(-c6ccc7c(c6)c6cc8ccc9c%10ccccc%10sc9c8cc6n7-c6ccccc6)c5)cc4)c4ccc5ccccc5c4)cc32)cc1. The largest absolute Gasteiger partial charge is 0.310 e. The van der Waals surface area contributed by atoms with Crippen LogP contribution in [0.15, 0.2) is 261 Å². The van der Waals surface area contributed by atoms with E-state index in [1.165, 1.54) is 108 Å². The summed E-state index contributed by atoms with van der Waals surface area (Å²) in [6, 6.07) is 96.0. The van der Waals surface area contributed by atoms with Crippen molar-refractivity contribution in [2.45, 2.75) is 0 Å². The number of nitrogens with zero attached hydrogens (tertiary/aromatic N) is 3. The van der Waals surface area contributed by atoms with Crippen molar-refractivity contribution >= 4 is 114 Å². The minimum atomic E-state index is 1.09. The number of para-hydroxylation sites is 3. The number of hydrogen-bond acceptors (Lipinski definition) is 2. The highest BCUT2D eigenvalue weighted by molar-refractivity contribution is 7.26. The van der Waals surface area contributed by atoms with Crippen molar-refractivity contribution in [3.8, 4) is 33.6 Å². The Morgan fingerprint density at radius 3 is 1.62 bits per heavy atom. The van der Waals surface area contributed by atoms with Crippen LogP contribution < -0.4 is 4.90 Å². The summed E-state index contributed by atoms with van der Waals surface area (Å²) in [7, 11) is 0. The third kappa shape index (κ3) is 6.43. The molecule has 0 aliphatic carbocycles. The number of hydrogen-bond donors (Lipinski definition) is 0. The van der Waals surface area contributed by atoms with Crippen LogP contribution in [0.5, 0.6) is 0 Å². The quantitative estimate of drug-likeness (QED) is 0.155. The van der Waals surface area contributed by atoms with Gasteiger partial charge in [-0.05, 0) is 142 Å². The zero-order valence-corrected chi connectivity index (χ0v) is 39.9. The fourth-order valence-electron chi connectivity index (χ4n) is 11.5. The first kappa shape index (κ1) is 40.6. The smallest absolute Gasteiger partial charge is 0.0561 e. The van der Waals surface area contributed by atoms with Gasteiger partial charge in [0.1, 0.15) is 0 Å². The Morgan fingerprint density at radius 1 is 0.264 bits per heavy atom. The third-order valence-electron chi connectivity index (χ3n) is 14.8. The molecular weight excluding hydrogens is 891 g/mol. The first-order valence-electron chi connectivity index (χ1n) is 24.6. The van der Waals surface area contributed by atoms with E-state index < -0.39 is 0 Å². The minimum absolute atomic E-state index is 1.09. The fourth-order valence-corrected chi connectivity index (χ4v) is 12.7. The summed E-state index contributed by atoms with van der Waals surface area (Å²) >= 11 is 1.90. The molecule has 0 atom stereocenters. The Kier molecular flexibility index (Phi) is 9.13. The fraction of sp³-hybridized carbons (Fsp3) is 0. The van der Waals surface area contributed by atoms with Gasteiger partial charge in [-0.15, -0.1) is 11.3 Å². The van der Waals surface area contributed by atoms with Crippen molar-refractivity contribution in [2.24, 2.45) is 0 Å². The normalized spacial score (nSPS) is 11.9. The Morgan fingerprint density at radius 2 is 0.819 bits per heavy atom. The second kappa shape index (κ2) is 16.2. The molecule has 15 rings (SSSR count). The highest BCUT2D eigenvalue weighted by atomic mass is 32.1. The number of benzene rings is 12. The second-order valence-corrected chi connectivity index (χ2v) is 20.0. The van der Waals surface area contributed by atoms with Gasteiger partial charge in [0, 0.05) is 75.5 Å². The zero-order valence-electron chi connectivity index (χ0n) is 39.1. The first-order chi connectivity index (χ1) is 35.7. The Balaban J connectivity index is 0.837. The van der Waals surface area contributed by atoms with Crippen LogP contribution in [0.25, 0.3) is 119 Å². The molecule has 0 saturated heterocycles. The summed E-state index contributed by atoms with van der Waals surface area (Å²) in [6.07, 6.45) is 0. The Bertz CT molecular complexity index is 4620. The van der Waals surface area contributed by atoms with Crippen LogP contribution in [0, 0.1) is 0 Å². The van der Waals surface area contributed by atoms with Crippen LogP contribution in [0.1, 0.15) is 0 Å². The molecule has 0 radical (unpaired) electrons. The lowest BCUT2D eigenvalue weighted by Gasteiger charge is -2.26. The zero-order chi connectivity index (χ0) is 47.3. The molecule has 0 aliphatic rings. The maximum Gasteiger partial charge on any atom is 0.0561 e. The van der Waals surface area contributed by atoms with E-state index in [0.717, 1.165) is 28.4 Å². The molecule has 0 amide bonds. The first-order valence-corrected chi connectivity index (χ1v) is 25.5. The minimum Gasteiger partial charge on any atom is -0.310 e. The Hall–Kier alpha value is -9.22. The molecule has 0 unspecified atom stereocenters. The molecule has 72 heavy (non-hydrogen) atoms. The van der Waals surface area contributed by atoms with Crippen molar-refractivity contribution in [3.63, 3.8) is 0 Å². The number of thiophene rings is 1. The van der Waals surface area contributed by atoms with Gasteiger partial charge in [0.05, 0.1) is 22.1 Å². The summed E-state index contributed by atoms with van der Waals surface area (Å²) < 4.78 is 7.51. The van der Waals surface area contributed by atoms with Gasteiger partial charge in [0.15, 0.2) is 0 Å². The molecule has 336 valence electrons. The maximum atomic E-state index is 2.44. The van der Waals surface area contributed by atoms with Gasteiger partial charge in [-0.1, -0.05) is 158 Å². The van der Waals surface area contributed by atoms with Gasteiger partial charge in [-0.25, -0.2) is 0 Å². The number of aromatic nitrogens is 2. The lowest BCUT2D eigenvalue weighted by molar-refractivity contribution is 1.18. The molecule has 3 aromatic heterocycles. The summed E-state index contributed by atoms with van der Waals surface area (Å²) in [4.78, 5) is 2.40. The third-order valence-corrected chi connectivity index (χ3v) is 16.1. The topological polar surface area (TPSA) is 13.1 Å². The summed E-state index contributed by atoms with van der Waals surface area (Å²) in [6.45, 7) is 0. The molecule has 0 bridgehead atoms. The van der Waals surface area contributed by atoms with Crippen LogP contribution in [0.2, 0.25) is 0 Å². The van der Waals surface area contributed by atoms with Gasteiger partial charge < -0.3 is 14.0 Å². The van der Waals surface area contributed by atoms with E-state index in [2.05, 4.69) is 275 Å². The van der Waals surface area contributed by atoms with Gasteiger partial charge in [-0.2, -0.15) is 0 Å².